The minimum Gasteiger partial charge on any atom is -0.461 e. The van der Waals surface area contributed by atoms with Crippen LogP contribution in [0.15, 0.2) is 0 Å². The molecule has 1 saturated heterocycles. The Hall–Kier alpha value is -1.37. The van der Waals surface area contributed by atoms with Crippen molar-refractivity contribution in [2.75, 3.05) is 19.6 Å². The quantitative estimate of drug-likeness (QED) is 0.644. The van der Waals surface area contributed by atoms with Gasteiger partial charge in [-0.3, -0.25) is 9.59 Å². The summed E-state index contributed by atoms with van der Waals surface area (Å²) >= 11 is 0. The van der Waals surface area contributed by atoms with Crippen LogP contribution in [0.25, 0.3) is 0 Å². The highest BCUT2D eigenvalue weighted by molar-refractivity contribution is 5.95. The lowest BCUT2D eigenvalue weighted by atomic mass is 9.98. The number of nitrogens with one attached hydrogen (secondary N) is 1. The van der Waals surface area contributed by atoms with Crippen LogP contribution in [0.1, 0.15) is 73.1 Å². The van der Waals surface area contributed by atoms with Crippen molar-refractivity contribution in [3.05, 3.63) is 0 Å². The Bertz CT molecular complexity index is 397. The lowest BCUT2D eigenvalue weighted by molar-refractivity contribution is -0.133. The lowest BCUT2D eigenvalue weighted by Gasteiger charge is -2.18. The van der Waals surface area contributed by atoms with E-state index in [1.54, 1.807) is 4.90 Å². The topological polar surface area (TPSA) is 86.7 Å². The Morgan fingerprint density at radius 2 is 1.58 bits per heavy atom. The van der Waals surface area contributed by atoms with Gasteiger partial charge in [0.05, 0.1) is 6.54 Å². The van der Waals surface area contributed by atoms with Crippen LogP contribution in [-0.4, -0.2) is 55.2 Å². The molecule has 150 valence electrons. The molecule has 1 aliphatic rings. The number of hydrogen-bond acceptors (Lipinski definition) is 4. The number of nitrogens with zero attached hydrogens (tertiary/aromatic N) is 1. The van der Waals surface area contributed by atoms with E-state index >= 15 is 0 Å². The van der Waals surface area contributed by atoms with E-state index in [4.69, 9.17) is 5.02 Å². The maximum Gasteiger partial charge on any atom is 0.277 e. The van der Waals surface area contributed by atoms with Gasteiger partial charge in [0, 0.05) is 25.4 Å². The zero-order valence-electron chi connectivity index (χ0n) is 17.2. The molecule has 1 atom stereocenters. The van der Waals surface area contributed by atoms with Crippen LogP contribution in [0, 0.1) is 11.8 Å². The molecule has 0 aromatic rings. The Morgan fingerprint density at radius 1 is 1.08 bits per heavy atom. The first-order valence-electron chi connectivity index (χ1n) is 9.62. The lowest BCUT2D eigenvalue weighted by Crippen LogP contribution is -2.40. The summed E-state index contributed by atoms with van der Waals surface area (Å²) in [7, 11) is 3.50. The van der Waals surface area contributed by atoms with Crippen molar-refractivity contribution < 1.29 is 19.4 Å². The Labute approximate surface area is 160 Å². The van der Waals surface area contributed by atoms with Gasteiger partial charge in [0.15, 0.2) is 0 Å². The van der Waals surface area contributed by atoms with Crippen molar-refractivity contribution in [1.29, 1.82) is 0 Å². The Morgan fingerprint density at radius 3 is 1.96 bits per heavy atom. The van der Waals surface area contributed by atoms with Gasteiger partial charge in [0.1, 0.15) is 5.78 Å². The molecule has 1 unspecified atom stereocenters. The molecule has 0 aromatic heterocycles. The maximum atomic E-state index is 11.9. The Kier molecular flexibility index (Phi) is 17.6. The fourth-order valence-electron chi connectivity index (χ4n) is 2.28. The number of hydrogen-bond donors (Lipinski definition) is 2. The largest absolute Gasteiger partial charge is 0.461 e. The first-order valence-corrected chi connectivity index (χ1v) is 9.62. The van der Waals surface area contributed by atoms with Gasteiger partial charge in [-0.25, -0.2) is 0 Å². The van der Waals surface area contributed by atoms with Crippen LogP contribution >= 0.6 is 0 Å². The average molecular weight is 368 g/mol. The van der Waals surface area contributed by atoms with Crippen LogP contribution in [0.4, 0.5) is 0 Å². The molecule has 2 radical (unpaired) electrons. The highest BCUT2D eigenvalue weighted by Crippen LogP contribution is 2.12. The monoisotopic (exact) mass is 368 g/mol. The van der Waals surface area contributed by atoms with Crippen molar-refractivity contribution in [1.82, 2.24) is 10.2 Å². The number of carbonyl (C=O) groups excluding carboxylic acids is 3. The van der Waals surface area contributed by atoms with E-state index in [2.05, 4.69) is 34.1 Å². The van der Waals surface area contributed by atoms with Crippen molar-refractivity contribution in [2.45, 2.75) is 73.1 Å². The average Bonchev–Trinajstić information content (AvgIpc) is 3.17. The number of Topliss-reactive ketones (excluding diaryl/α,β-unsaturated/α-hetero) is 1. The second-order valence-electron chi connectivity index (χ2n) is 6.95. The van der Waals surface area contributed by atoms with Gasteiger partial charge < -0.3 is 20.0 Å². The number of likely N-dealkylation sites (tertiary alicyclic amines) is 1. The van der Waals surface area contributed by atoms with E-state index in [0.29, 0.717) is 19.3 Å². The molecule has 1 fully saturated rings. The molecular formula is C19H37BN2O4. The van der Waals surface area contributed by atoms with E-state index < -0.39 is 0 Å². The van der Waals surface area contributed by atoms with Crippen LogP contribution in [0.3, 0.4) is 0 Å². The van der Waals surface area contributed by atoms with Crippen LogP contribution < -0.4 is 5.32 Å². The van der Waals surface area contributed by atoms with Crippen molar-refractivity contribution in [2.24, 2.45) is 11.8 Å². The molecule has 7 heteroatoms. The highest BCUT2D eigenvalue weighted by Gasteiger charge is 2.21. The normalized spacial score (nSPS) is 13.9. The summed E-state index contributed by atoms with van der Waals surface area (Å²) in [5, 5.41) is 9.19. The number of rotatable bonds is 8. The fourth-order valence-corrected chi connectivity index (χ4v) is 2.28. The molecule has 1 heterocycles. The molecule has 6 nitrogen and oxygen atoms in total. The molecule has 0 aliphatic carbocycles. The number of carbonyl (C=O) groups is 3. The van der Waals surface area contributed by atoms with Crippen LogP contribution in [-0.2, 0) is 14.4 Å². The van der Waals surface area contributed by atoms with Crippen molar-refractivity contribution >= 4 is 25.6 Å². The van der Waals surface area contributed by atoms with E-state index in [1.165, 1.54) is 13.3 Å². The van der Waals surface area contributed by atoms with Gasteiger partial charge in [-0.15, -0.1) is 0 Å². The predicted molar refractivity (Wildman–Crippen MR) is 106 cm³/mol. The summed E-state index contributed by atoms with van der Waals surface area (Å²) in [6, 6.07) is 0. The predicted octanol–water partition coefficient (Wildman–Crippen LogP) is 2.24. The SMILES string of the molecule is CCC(C)C.CCC(CCC(C)=O)C(=O)NCC(=O)N1CCCC1.[B]O. The fraction of sp³-hybridized carbons (Fsp3) is 0.842. The second-order valence-corrected chi connectivity index (χ2v) is 6.95. The summed E-state index contributed by atoms with van der Waals surface area (Å²) in [6.45, 7) is 11.8. The van der Waals surface area contributed by atoms with Gasteiger partial charge in [-0.05, 0) is 38.5 Å². The van der Waals surface area contributed by atoms with Gasteiger partial charge >= 0.3 is 0 Å². The van der Waals surface area contributed by atoms with Crippen LogP contribution in [0.2, 0.25) is 0 Å². The van der Waals surface area contributed by atoms with E-state index in [1.807, 2.05) is 6.92 Å². The molecular weight excluding hydrogens is 331 g/mol. The first kappa shape index (κ1) is 26.9. The molecule has 0 bridgehead atoms. The number of amides is 2. The van der Waals surface area contributed by atoms with E-state index in [0.717, 1.165) is 31.8 Å². The smallest absolute Gasteiger partial charge is 0.277 e. The zero-order valence-corrected chi connectivity index (χ0v) is 17.2. The summed E-state index contributed by atoms with van der Waals surface area (Å²) < 4.78 is 0. The molecule has 0 aromatic carbocycles. The van der Waals surface area contributed by atoms with Gasteiger partial charge in [-0.1, -0.05) is 34.1 Å². The minimum atomic E-state index is -0.171. The molecule has 2 amide bonds. The van der Waals surface area contributed by atoms with E-state index in [9.17, 15) is 14.4 Å². The minimum absolute atomic E-state index is 0.00716. The summed E-state index contributed by atoms with van der Waals surface area (Å²) in [5.41, 5.74) is 0. The van der Waals surface area contributed by atoms with Gasteiger partial charge in [0.25, 0.3) is 8.05 Å². The molecule has 2 N–H and O–H groups in total. The molecule has 0 saturated carbocycles. The maximum absolute atomic E-state index is 11.9. The number of ketones is 1. The third-order valence-corrected chi connectivity index (χ3v) is 4.40. The molecule has 1 rings (SSSR count). The molecule has 0 spiro atoms. The third-order valence-electron chi connectivity index (χ3n) is 4.40. The van der Waals surface area contributed by atoms with E-state index in [-0.39, 0.29) is 30.1 Å². The van der Waals surface area contributed by atoms with Gasteiger partial charge in [0.2, 0.25) is 11.8 Å². The summed E-state index contributed by atoms with van der Waals surface area (Å²) in [6.07, 6.45) is 5.09. The third kappa shape index (κ3) is 13.9. The molecule has 26 heavy (non-hydrogen) atoms. The first-order chi connectivity index (χ1) is 12.3. The van der Waals surface area contributed by atoms with Crippen molar-refractivity contribution in [3.63, 3.8) is 0 Å². The standard InChI is InChI=1S/C14H24N2O3.C5H12.BHO/c1-3-12(7-6-11(2)17)14(19)15-10-13(18)16-8-4-5-9-16;1-4-5(2)3;1-2/h12H,3-10H2,1-2H3,(H,15,19);5H,4H2,1-3H3;2H. The van der Waals surface area contributed by atoms with Gasteiger partial charge in [-0.2, -0.15) is 0 Å². The summed E-state index contributed by atoms with van der Waals surface area (Å²) in [4.78, 5) is 36.4. The zero-order chi connectivity index (χ0) is 20.5. The Balaban J connectivity index is 0. The molecule has 1 aliphatic heterocycles. The highest BCUT2D eigenvalue weighted by atomic mass is 16.2. The van der Waals surface area contributed by atoms with Crippen molar-refractivity contribution in [3.8, 4) is 0 Å². The second kappa shape index (κ2) is 17.1. The van der Waals surface area contributed by atoms with Crippen LogP contribution in [0.5, 0.6) is 0 Å². The summed E-state index contributed by atoms with van der Waals surface area (Å²) in [5.74, 6) is 0.688.